The van der Waals surface area contributed by atoms with Gasteiger partial charge in [0.05, 0.1) is 31.1 Å². The van der Waals surface area contributed by atoms with E-state index < -0.39 is 0 Å². The molecule has 5 nitrogen and oxygen atoms in total. The standard InChI is InChI=1S/C15H17FN4OS/c1-10-9-21-4-3-20(10)14-6-13(18-15(19-14)22-2)11-5-12(16)8-17-7-11/h5-8,10H,3-4,9H2,1-2H3. The van der Waals surface area contributed by atoms with Gasteiger partial charge in [0.25, 0.3) is 0 Å². The summed E-state index contributed by atoms with van der Waals surface area (Å²) in [6, 6.07) is 3.57. The van der Waals surface area contributed by atoms with Crippen LogP contribution in [0.1, 0.15) is 6.92 Å². The molecule has 1 saturated heterocycles. The number of thioether (sulfide) groups is 1. The van der Waals surface area contributed by atoms with Gasteiger partial charge in [0.15, 0.2) is 5.16 Å². The maximum Gasteiger partial charge on any atom is 0.189 e. The number of pyridine rings is 1. The lowest BCUT2D eigenvalue weighted by Crippen LogP contribution is -2.44. The molecule has 2 aromatic rings. The third-order valence-electron chi connectivity index (χ3n) is 3.54. The van der Waals surface area contributed by atoms with E-state index >= 15 is 0 Å². The summed E-state index contributed by atoms with van der Waals surface area (Å²) in [4.78, 5) is 15.1. The molecule has 1 fully saturated rings. The van der Waals surface area contributed by atoms with Crippen molar-refractivity contribution in [2.75, 3.05) is 30.9 Å². The molecule has 1 aliphatic heterocycles. The summed E-state index contributed by atoms with van der Waals surface area (Å²) in [5.74, 6) is 0.470. The van der Waals surface area contributed by atoms with E-state index in [0.29, 0.717) is 29.6 Å². The van der Waals surface area contributed by atoms with Gasteiger partial charge in [-0.05, 0) is 19.2 Å². The Balaban J connectivity index is 2.02. The van der Waals surface area contributed by atoms with Crippen molar-refractivity contribution in [1.29, 1.82) is 0 Å². The number of halogens is 1. The van der Waals surface area contributed by atoms with Crippen LogP contribution in [0.4, 0.5) is 10.2 Å². The third-order valence-corrected chi connectivity index (χ3v) is 4.08. The minimum Gasteiger partial charge on any atom is -0.377 e. The summed E-state index contributed by atoms with van der Waals surface area (Å²) in [6.07, 6.45) is 4.72. The number of hydrogen-bond donors (Lipinski definition) is 0. The molecule has 0 amide bonds. The molecule has 0 spiro atoms. The summed E-state index contributed by atoms with van der Waals surface area (Å²) in [5, 5.41) is 0.662. The number of rotatable bonds is 3. The molecule has 7 heteroatoms. The van der Waals surface area contributed by atoms with Crippen molar-refractivity contribution in [2.45, 2.75) is 18.1 Å². The van der Waals surface area contributed by atoms with Crippen molar-refractivity contribution in [1.82, 2.24) is 15.0 Å². The van der Waals surface area contributed by atoms with Gasteiger partial charge >= 0.3 is 0 Å². The lowest BCUT2D eigenvalue weighted by Gasteiger charge is -2.34. The first kappa shape index (κ1) is 15.2. The van der Waals surface area contributed by atoms with Crippen molar-refractivity contribution >= 4 is 17.6 Å². The normalized spacial score (nSPS) is 18.5. The van der Waals surface area contributed by atoms with Crippen LogP contribution in [-0.4, -0.2) is 47.0 Å². The number of hydrogen-bond acceptors (Lipinski definition) is 6. The van der Waals surface area contributed by atoms with Crippen LogP contribution in [-0.2, 0) is 4.74 Å². The average molecular weight is 320 g/mol. The Morgan fingerprint density at radius 2 is 2.18 bits per heavy atom. The highest BCUT2D eigenvalue weighted by molar-refractivity contribution is 7.98. The highest BCUT2D eigenvalue weighted by Gasteiger charge is 2.21. The number of aromatic nitrogens is 3. The van der Waals surface area contributed by atoms with E-state index in [1.54, 1.807) is 6.20 Å². The van der Waals surface area contributed by atoms with Gasteiger partial charge in [0, 0.05) is 24.4 Å². The lowest BCUT2D eigenvalue weighted by molar-refractivity contribution is 0.0984. The molecule has 3 rings (SSSR count). The van der Waals surface area contributed by atoms with Gasteiger partial charge in [-0.25, -0.2) is 14.4 Å². The molecule has 2 aromatic heterocycles. The van der Waals surface area contributed by atoms with Crippen LogP contribution in [0, 0.1) is 5.82 Å². The van der Waals surface area contributed by atoms with E-state index in [-0.39, 0.29) is 11.9 Å². The Labute approximate surface area is 132 Å². The van der Waals surface area contributed by atoms with E-state index in [4.69, 9.17) is 4.74 Å². The van der Waals surface area contributed by atoms with Crippen molar-refractivity contribution < 1.29 is 9.13 Å². The fourth-order valence-electron chi connectivity index (χ4n) is 2.42. The smallest absolute Gasteiger partial charge is 0.189 e. The van der Waals surface area contributed by atoms with Crippen LogP contribution in [0.3, 0.4) is 0 Å². The molecule has 0 saturated carbocycles. The SMILES string of the molecule is CSc1nc(-c2cncc(F)c2)cc(N2CCOCC2C)n1. The number of nitrogens with zero attached hydrogens (tertiary/aromatic N) is 4. The Hall–Kier alpha value is -1.73. The minimum absolute atomic E-state index is 0.247. The molecule has 116 valence electrons. The van der Waals surface area contributed by atoms with E-state index in [0.717, 1.165) is 12.4 Å². The molecule has 0 aromatic carbocycles. The first-order chi connectivity index (χ1) is 10.7. The van der Waals surface area contributed by atoms with Crippen molar-refractivity contribution in [3.63, 3.8) is 0 Å². The first-order valence-electron chi connectivity index (χ1n) is 7.06. The Morgan fingerprint density at radius 3 is 2.91 bits per heavy atom. The molecule has 3 heterocycles. The van der Waals surface area contributed by atoms with Gasteiger partial charge in [0.2, 0.25) is 0 Å². The topological polar surface area (TPSA) is 51.1 Å². The fraction of sp³-hybridized carbons (Fsp3) is 0.400. The molecule has 0 radical (unpaired) electrons. The Kier molecular flexibility index (Phi) is 4.54. The number of anilines is 1. The number of ether oxygens (including phenoxy) is 1. The van der Waals surface area contributed by atoms with Crippen LogP contribution in [0.25, 0.3) is 11.3 Å². The molecule has 0 bridgehead atoms. The third kappa shape index (κ3) is 3.20. The second kappa shape index (κ2) is 6.58. The Bertz CT molecular complexity index is 670. The maximum atomic E-state index is 13.4. The molecule has 0 N–H and O–H groups in total. The summed E-state index contributed by atoms with van der Waals surface area (Å²) in [7, 11) is 0. The summed E-state index contributed by atoms with van der Waals surface area (Å²) < 4.78 is 18.9. The summed E-state index contributed by atoms with van der Waals surface area (Å²) in [6.45, 7) is 4.24. The van der Waals surface area contributed by atoms with E-state index in [1.807, 2.05) is 12.3 Å². The molecular formula is C15H17FN4OS. The van der Waals surface area contributed by atoms with Crippen LogP contribution in [0.15, 0.2) is 29.7 Å². The lowest BCUT2D eigenvalue weighted by atomic mass is 10.2. The van der Waals surface area contributed by atoms with Crippen molar-refractivity contribution in [3.05, 3.63) is 30.3 Å². The second-order valence-electron chi connectivity index (χ2n) is 5.11. The molecule has 22 heavy (non-hydrogen) atoms. The average Bonchev–Trinajstić information content (AvgIpc) is 2.55. The zero-order valence-corrected chi connectivity index (χ0v) is 13.3. The summed E-state index contributed by atoms with van der Waals surface area (Å²) >= 11 is 1.47. The molecule has 1 atom stereocenters. The molecule has 0 aliphatic carbocycles. The molecular weight excluding hydrogens is 303 g/mol. The number of morpholine rings is 1. The van der Waals surface area contributed by atoms with E-state index in [2.05, 4.69) is 26.8 Å². The van der Waals surface area contributed by atoms with E-state index in [1.165, 1.54) is 24.0 Å². The second-order valence-corrected chi connectivity index (χ2v) is 5.88. The highest BCUT2D eigenvalue weighted by atomic mass is 32.2. The van der Waals surface area contributed by atoms with E-state index in [9.17, 15) is 4.39 Å². The predicted molar refractivity (Wildman–Crippen MR) is 84.6 cm³/mol. The van der Waals surface area contributed by atoms with Gasteiger partial charge in [-0.2, -0.15) is 0 Å². The Morgan fingerprint density at radius 1 is 1.32 bits per heavy atom. The first-order valence-corrected chi connectivity index (χ1v) is 8.28. The predicted octanol–water partition coefficient (Wildman–Crippen LogP) is 2.62. The van der Waals surface area contributed by atoms with Gasteiger partial charge in [0.1, 0.15) is 11.6 Å². The molecule has 1 unspecified atom stereocenters. The van der Waals surface area contributed by atoms with Crippen LogP contribution >= 0.6 is 11.8 Å². The minimum atomic E-state index is -0.372. The monoisotopic (exact) mass is 320 g/mol. The van der Waals surface area contributed by atoms with Crippen LogP contribution in [0.5, 0.6) is 0 Å². The van der Waals surface area contributed by atoms with Crippen molar-refractivity contribution in [3.8, 4) is 11.3 Å². The van der Waals surface area contributed by atoms with Crippen LogP contribution < -0.4 is 4.90 Å². The maximum absolute atomic E-state index is 13.4. The van der Waals surface area contributed by atoms with Crippen molar-refractivity contribution in [2.24, 2.45) is 0 Å². The fourth-order valence-corrected chi connectivity index (χ4v) is 2.79. The summed E-state index contributed by atoms with van der Waals surface area (Å²) in [5.41, 5.74) is 1.33. The van der Waals surface area contributed by atoms with Gasteiger partial charge < -0.3 is 9.64 Å². The van der Waals surface area contributed by atoms with Gasteiger partial charge in [-0.3, -0.25) is 4.98 Å². The largest absolute Gasteiger partial charge is 0.377 e. The van der Waals surface area contributed by atoms with Gasteiger partial charge in [-0.1, -0.05) is 11.8 Å². The zero-order chi connectivity index (χ0) is 15.5. The highest BCUT2D eigenvalue weighted by Crippen LogP contribution is 2.26. The molecule has 1 aliphatic rings. The van der Waals surface area contributed by atoms with Crippen LogP contribution in [0.2, 0.25) is 0 Å². The zero-order valence-electron chi connectivity index (χ0n) is 12.5. The van der Waals surface area contributed by atoms with Gasteiger partial charge in [-0.15, -0.1) is 0 Å². The quantitative estimate of drug-likeness (QED) is 0.640.